The van der Waals surface area contributed by atoms with E-state index in [1.54, 1.807) is 6.07 Å². The second-order valence-corrected chi connectivity index (χ2v) is 5.78. The van der Waals surface area contributed by atoms with Crippen LogP contribution in [0.2, 0.25) is 5.02 Å². The maximum atomic E-state index is 11.4. The van der Waals surface area contributed by atoms with Gasteiger partial charge in [0.05, 0.1) is 12.2 Å². The van der Waals surface area contributed by atoms with Crippen molar-refractivity contribution >= 4 is 17.4 Å². The average molecular weight is 286 g/mol. The molecule has 1 aromatic carbocycles. The topological polar surface area (TPSA) is 60.8 Å². The fraction of sp³-hybridized carbons (Fsp3) is 0.500. The Morgan fingerprint density at radius 2 is 2.00 bits per heavy atom. The van der Waals surface area contributed by atoms with Crippen molar-refractivity contribution in [1.82, 2.24) is 4.90 Å². The molecule has 0 aliphatic heterocycles. The van der Waals surface area contributed by atoms with Crippen LogP contribution in [0.15, 0.2) is 12.1 Å². The van der Waals surface area contributed by atoms with Crippen LogP contribution in [0.25, 0.3) is 0 Å². The second kappa shape index (κ2) is 5.90. The Bertz CT molecular complexity index is 486. The van der Waals surface area contributed by atoms with E-state index in [9.17, 15) is 15.0 Å². The third-order valence-corrected chi connectivity index (χ3v) is 3.58. The Morgan fingerprint density at radius 1 is 1.42 bits per heavy atom. The van der Waals surface area contributed by atoms with Crippen LogP contribution in [-0.4, -0.2) is 40.1 Å². The molecule has 0 atom stereocenters. The van der Waals surface area contributed by atoms with Crippen molar-refractivity contribution in [3.05, 3.63) is 28.3 Å². The number of hydrogen-bond donors (Lipinski definition) is 2. The maximum Gasteiger partial charge on any atom is 0.163 e. The molecule has 0 aliphatic carbocycles. The quantitative estimate of drug-likeness (QED) is 0.816. The Balaban J connectivity index is 3.12. The van der Waals surface area contributed by atoms with Crippen LogP contribution in [0.5, 0.6) is 5.75 Å². The van der Waals surface area contributed by atoms with E-state index in [1.807, 2.05) is 25.8 Å². The Kier molecular flexibility index (Phi) is 4.96. The summed E-state index contributed by atoms with van der Waals surface area (Å²) >= 11 is 5.97. The normalized spacial score (nSPS) is 11.9. The lowest BCUT2D eigenvalue weighted by molar-refractivity contribution is 0.0727. The minimum absolute atomic E-state index is 0.00953. The number of Topliss-reactive ketones (excluding diaryl/α,β-unsaturated/α-hetero) is 1. The monoisotopic (exact) mass is 285 g/mol. The number of aliphatic hydroxyl groups excluding tert-OH is 1. The number of halogens is 1. The summed E-state index contributed by atoms with van der Waals surface area (Å²) in [5.41, 5.74) is 0.366. The highest BCUT2D eigenvalue weighted by molar-refractivity contribution is 6.31. The molecule has 0 amide bonds. The number of rotatable bonds is 5. The molecule has 0 fully saturated rings. The Morgan fingerprint density at radius 3 is 2.47 bits per heavy atom. The molecule has 0 spiro atoms. The highest BCUT2D eigenvalue weighted by atomic mass is 35.5. The first kappa shape index (κ1) is 16.0. The number of carbonyl (C=O) groups excluding carboxylic acids is 1. The van der Waals surface area contributed by atoms with Crippen molar-refractivity contribution in [3.8, 4) is 5.75 Å². The van der Waals surface area contributed by atoms with Crippen LogP contribution < -0.4 is 0 Å². The average Bonchev–Trinajstić information content (AvgIpc) is 2.32. The first-order chi connectivity index (χ1) is 8.69. The van der Waals surface area contributed by atoms with Gasteiger partial charge in [-0.1, -0.05) is 11.6 Å². The molecule has 4 nitrogen and oxygen atoms in total. The summed E-state index contributed by atoms with van der Waals surface area (Å²) in [6, 6.07) is 3.09. The number of benzene rings is 1. The molecule has 106 valence electrons. The van der Waals surface area contributed by atoms with Gasteiger partial charge in [0, 0.05) is 22.7 Å². The SMILES string of the molecule is CC(=O)c1cc(Cl)cc(CN(C)C(C)(C)CO)c1O. The Labute approximate surface area is 118 Å². The number of hydrogen-bond acceptors (Lipinski definition) is 4. The number of carbonyl (C=O) groups is 1. The van der Waals surface area contributed by atoms with Crippen molar-refractivity contribution in [3.63, 3.8) is 0 Å². The van der Waals surface area contributed by atoms with Crippen molar-refractivity contribution < 1.29 is 15.0 Å². The molecule has 19 heavy (non-hydrogen) atoms. The minimum Gasteiger partial charge on any atom is -0.507 e. The van der Waals surface area contributed by atoms with Crippen molar-refractivity contribution in [2.24, 2.45) is 0 Å². The van der Waals surface area contributed by atoms with Crippen molar-refractivity contribution in [2.75, 3.05) is 13.7 Å². The van der Waals surface area contributed by atoms with Crippen LogP contribution >= 0.6 is 11.6 Å². The van der Waals surface area contributed by atoms with Gasteiger partial charge in [-0.2, -0.15) is 0 Å². The summed E-state index contributed by atoms with van der Waals surface area (Å²) in [5, 5.41) is 19.8. The van der Waals surface area contributed by atoms with E-state index < -0.39 is 5.54 Å². The van der Waals surface area contributed by atoms with Gasteiger partial charge >= 0.3 is 0 Å². The fourth-order valence-electron chi connectivity index (χ4n) is 1.63. The van der Waals surface area contributed by atoms with Gasteiger partial charge in [-0.15, -0.1) is 0 Å². The van der Waals surface area contributed by atoms with Gasteiger partial charge in [-0.25, -0.2) is 0 Å². The molecule has 0 radical (unpaired) electrons. The summed E-state index contributed by atoms with van der Waals surface area (Å²) in [4.78, 5) is 13.3. The van der Waals surface area contributed by atoms with Gasteiger partial charge < -0.3 is 10.2 Å². The number of phenolic OH excluding ortho intramolecular Hbond substituents is 1. The maximum absolute atomic E-state index is 11.4. The van der Waals surface area contributed by atoms with Gasteiger partial charge in [0.25, 0.3) is 0 Å². The molecule has 0 heterocycles. The molecule has 2 N–H and O–H groups in total. The summed E-state index contributed by atoms with van der Waals surface area (Å²) in [6.07, 6.45) is 0. The van der Waals surface area contributed by atoms with E-state index in [1.165, 1.54) is 13.0 Å². The van der Waals surface area contributed by atoms with Crippen LogP contribution in [0.3, 0.4) is 0 Å². The number of aliphatic hydroxyl groups is 1. The zero-order chi connectivity index (χ0) is 14.8. The molecule has 0 aromatic heterocycles. The number of nitrogens with zero attached hydrogens (tertiary/aromatic N) is 1. The molecule has 1 aromatic rings. The number of phenols is 1. The summed E-state index contributed by atoms with van der Waals surface area (Å²) in [5.74, 6) is -0.275. The fourth-order valence-corrected chi connectivity index (χ4v) is 1.88. The van der Waals surface area contributed by atoms with Gasteiger partial charge in [0.15, 0.2) is 5.78 Å². The predicted octanol–water partition coefficient (Wildman–Crippen LogP) is 2.45. The van der Waals surface area contributed by atoms with Gasteiger partial charge in [0.2, 0.25) is 0 Å². The largest absolute Gasteiger partial charge is 0.507 e. The molecule has 1 rings (SSSR count). The van der Waals surface area contributed by atoms with E-state index in [0.717, 1.165) is 0 Å². The molecule has 0 aliphatic rings. The van der Waals surface area contributed by atoms with Crippen LogP contribution in [-0.2, 0) is 6.54 Å². The lowest BCUT2D eigenvalue weighted by atomic mass is 10.0. The smallest absolute Gasteiger partial charge is 0.163 e. The van der Waals surface area contributed by atoms with E-state index in [-0.39, 0.29) is 23.7 Å². The van der Waals surface area contributed by atoms with Crippen LogP contribution in [0.4, 0.5) is 0 Å². The number of ketones is 1. The molecule has 5 heteroatoms. The van der Waals surface area contributed by atoms with E-state index >= 15 is 0 Å². The van der Waals surface area contributed by atoms with Gasteiger partial charge in [0.1, 0.15) is 5.75 Å². The summed E-state index contributed by atoms with van der Waals surface area (Å²) in [7, 11) is 1.84. The van der Waals surface area contributed by atoms with Gasteiger partial charge in [-0.05, 0) is 40.0 Å². The first-order valence-electron chi connectivity index (χ1n) is 6.03. The molecule has 0 unspecified atom stereocenters. The van der Waals surface area contributed by atoms with E-state index in [2.05, 4.69) is 0 Å². The van der Waals surface area contributed by atoms with Crippen molar-refractivity contribution in [1.29, 1.82) is 0 Å². The first-order valence-corrected chi connectivity index (χ1v) is 6.41. The minimum atomic E-state index is -0.425. The van der Waals surface area contributed by atoms with Crippen molar-refractivity contribution in [2.45, 2.75) is 32.9 Å². The molecule has 0 bridgehead atoms. The lowest BCUT2D eigenvalue weighted by Gasteiger charge is -2.34. The Hall–Kier alpha value is -1.10. The molecule has 0 saturated heterocycles. The van der Waals surface area contributed by atoms with E-state index in [4.69, 9.17) is 11.6 Å². The standard InChI is InChI=1S/C14H20ClNO3/c1-9(18)12-6-11(15)5-10(13(12)19)7-16(4)14(2,3)8-17/h5-6,17,19H,7-8H2,1-4H3. The van der Waals surface area contributed by atoms with Gasteiger partial charge in [-0.3, -0.25) is 9.69 Å². The van der Waals surface area contributed by atoms with Crippen LogP contribution in [0.1, 0.15) is 36.7 Å². The molecular formula is C14H20ClNO3. The molecular weight excluding hydrogens is 266 g/mol. The highest BCUT2D eigenvalue weighted by Crippen LogP contribution is 2.29. The third kappa shape index (κ3) is 3.69. The second-order valence-electron chi connectivity index (χ2n) is 5.34. The summed E-state index contributed by atoms with van der Waals surface area (Å²) < 4.78 is 0. The highest BCUT2D eigenvalue weighted by Gasteiger charge is 2.24. The van der Waals surface area contributed by atoms with Crippen LogP contribution in [0, 0.1) is 0 Å². The summed E-state index contributed by atoms with van der Waals surface area (Å²) in [6.45, 7) is 5.54. The zero-order valence-electron chi connectivity index (χ0n) is 11.7. The third-order valence-electron chi connectivity index (χ3n) is 3.36. The van der Waals surface area contributed by atoms with E-state index in [0.29, 0.717) is 17.1 Å². The molecule has 0 saturated carbocycles. The number of aromatic hydroxyl groups is 1. The predicted molar refractivity (Wildman–Crippen MR) is 75.8 cm³/mol. The zero-order valence-corrected chi connectivity index (χ0v) is 12.5. The lowest BCUT2D eigenvalue weighted by Crippen LogP contribution is -2.43. The number of likely N-dealkylation sites (N-methyl/N-ethyl adjacent to an activating group) is 1.